The zero-order valence-corrected chi connectivity index (χ0v) is 12.0. The third-order valence-corrected chi connectivity index (χ3v) is 3.64. The number of carbonyl (C=O) groups excluding carboxylic acids is 1. The van der Waals surface area contributed by atoms with Crippen molar-refractivity contribution < 1.29 is 19.4 Å². The molecule has 2 N–H and O–H groups in total. The maximum atomic E-state index is 12.1. The van der Waals surface area contributed by atoms with Crippen LogP contribution in [0.3, 0.4) is 0 Å². The zero-order valence-electron chi connectivity index (χ0n) is 12.0. The Morgan fingerprint density at radius 1 is 1.40 bits per heavy atom. The van der Waals surface area contributed by atoms with E-state index in [0.29, 0.717) is 24.2 Å². The molecular weight excluding hydrogens is 260 g/mol. The summed E-state index contributed by atoms with van der Waals surface area (Å²) in [6.45, 7) is 3.69. The minimum absolute atomic E-state index is 0.0830. The highest BCUT2D eigenvalue weighted by Crippen LogP contribution is 2.26. The molecule has 1 rings (SSSR count). The highest BCUT2D eigenvalue weighted by atomic mass is 16.5. The lowest BCUT2D eigenvalue weighted by Gasteiger charge is -2.26. The van der Waals surface area contributed by atoms with Crippen molar-refractivity contribution in [1.29, 1.82) is 0 Å². The van der Waals surface area contributed by atoms with Crippen LogP contribution in [0.4, 0.5) is 0 Å². The summed E-state index contributed by atoms with van der Waals surface area (Å²) in [4.78, 5) is 27.4. The van der Waals surface area contributed by atoms with Crippen molar-refractivity contribution in [3.8, 4) is 5.75 Å². The van der Waals surface area contributed by atoms with Gasteiger partial charge in [-0.15, -0.1) is 0 Å². The number of carbonyl (C=O) groups is 2. The third-order valence-electron chi connectivity index (χ3n) is 3.64. The van der Waals surface area contributed by atoms with Gasteiger partial charge in [-0.1, -0.05) is 13.8 Å². The van der Waals surface area contributed by atoms with Crippen LogP contribution in [0.15, 0.2) is 18.5 Å². The number of carboxylic acids is 1. The van der Waals surface area contributed by atoms with Crippen LogP contribution in [0.25, 0.3) is 0 Å². The van der Waals surface area contributed by atoms with Crippen molar-refractivity contribution in [3.63, 3.8) is 0 Å². The summed E-state index contributed by atoms with van der Waals surface area (Å²) < 4.78 is 5.06. The Hall–Kier alpha value is -2.11. The number of methoxy groups -OCH3 is 1. The highest BCUT2D eigenvalue weighted by Gasteiger charge is 2.35. The SMILES string of the molecule is CCC(CC)(CNC(=O)c1ccncc1OC)C(=O)O. The fraction of sp³-hybridized carbons (Fsp3) is 0.500. The van der Waals surface area contributed by atoms with Crippen LogP contribution in [-0.2, 0) is 4.79 Å². The quantitative estimate of drug-likeness (QED) is 0.793. The normalized spacial score (nSPS) is 10.9. The van der Waals surface area contributed by atoms with Crippen LogP contribution in [0.2, 0.25) is 0 Å². The number of hydrogen-bond acceptors (Lipinski definition) is 4. The van der Waals surface area contributed by atoms with Crippen molar-refractivity contribution >= 4 is 11.9 Å². The van der Waals surface area contributed by atoms with E-state index in [-0.39, 0.29) is 12.5 Å². The number of pyridine rings is 1. The fourth-order valence-electron chi connectivity index (χ4n) is 1.95. The monoisotopic (exact) mass is 280 g/mol. The zero-order chi connectivity index (χ0) is 15.2. The molecule has 20 heavy (non-hydrogen) atoms. The van der Waals surface area contributed by atoms with Crippen LogP contribution in [0, 0.1) is 5.41 Å². The van der Waals surface area contributed by atoms with Crippen molar-refractivity contribution in [2.75, 3.05) is 13.7 Å². The van der Waals surface area contributed by atoms with Gasteiger partial charge in [-0.05, 0) is 18.9 Å². The van der Waals surface area contributed by atoms with Crippen LogP contribution >= 0.6 is 0 Å². The van der Waals surface area contributed by atoms with Crippen molar-refractivity contribution in [1.82, 2.24) is 10.3 Å². The highest BCUT2D eigenvalue weighted by molar-refractivity contribution is 5.97. The van der Waals surface area contributed by atoms with Gasteiger partial charge in [0.2, 0.25) is 0 Å². The molecular formula is C14H20N2O4. The van der Waals surface area contributed by atoms with Gasteiger partial charge in [0.1, 0.15) is 5.75 Å². The van der Waals surface area contributed by atoms with E-state index in [1.165, 1.54) is 25.6 Å². The number of ether oxygens (including phenoxy) is 1. The molecule has 1 aromatic heterocycles. The van der Waals surface area contributed by atoms with Crippen LogP contribution < -0.4 is 10.1 Å². The van der Waals surface area contributed by atoms with Crippen LogP contribution in [0.1, 0.15) is 37.0 Å². The molecule has 0 saturated carbocycles. The molecule has 6 heteroatoms. The second kappa shape index (κ2) is 6.88. The molecule has 1 heterocycles. The smallest absolute Gasteiger partial charge is 0.311 e. The van der Waals surface area contributed by atoms with Gasteiger partial charge in [0.25, 0.3) is 5.91 Å². The van der Waals surface area contributed by atoms with Gasteiger partial charge in [0.15, 0.2) is 0 Å². The topological polar surface area (TPSA) is 88.5 Å². The average molecular weight is 280 g/mol. The summed E-state index contributed by atoms with van der Waals surface area (Å²) in [6.07, 6.45) is 3.83. The van der Waals surface area contributed by atoms with E-state index in [0.717, 1.165) is 0 Å². The maximum absolute atomic E-state index is 12.1. The predicted octanol–water partition coefficient (Wildman–Crippen LogP) is 1.71. The van der Waals surface area contributed by atoms with Crippen LogP contribution in [0.5, 0.6) is 5.75 Å². The second-order valence-electron chi connectivity index (χ2n) is 4.55. The first-order chi connectivity index (χ1) is 9.50. The minimum Gasteiger partial charge on any atom is -0.494 e. The molecule has 6 nitrogen and oxygen atoms in total. The molecule has 0 aromatic carbocycles. The molecule has 0 unspecified atom stereocenters. The summed E-state index contributed by atoms with van der Waals surface area (Å²) >= 11 is 0. The summed E-state index contributed by atoms with van der Waals surface area (Å²) in [7, 11) is 1.45. The first-order valence-electron chi connectivity index (χ1n) is 6.50. The minimum atomic E-state index is -0.935. The van der Waals surface area contributed by atoms with Gasteiger partial charge in [0.05, 0.1) is 24.3 Å². The molecule has 1 amide bonds. The van der Waals surface area contributed by atoms with Gasteiger partial charge in [-0.3, -0.25) is 14.6 Å². The van der Waals surface area contributed by atoms with Gasteiger partial charge in [-0.2, -0.15) is 0 Å². The van der Waals surface area contributed by atoms with Crippen molar-refractivity contribution in [2.45, 2.75) is 26.7 Å². The van der Waals surface area contributed by atoms with Gasteiger partial charge in [-0.25, -0.2) is 0 Å². The van der Waals surface area contributed by atoms with Gasteiger partial charge >= 0.3 is 5.97 Å². The van der Waals surface area contributed by atoms with Crippen molar-refractivity contribution in [2.24, 2.45) is 5.41 Å². The first kappa shape index (κ1) is 15.9. The lowest BCUT2D eigenvalue weighted by atomic mass is 9.82. The van der Waals surface area contributed by atoms with E-state index in [1.807, 2.05) is 0 Å². The molecule has 0 spiro atoms. The Morgan fingerprint density at radius 3 is 2.55 bits per heavy atom. The van der Waals surface area contributed by atoms with Crippen LogP contribution in [-0.4, -0.2) is 35.6 Å². The number of nitrogens with one attached hydrogen (secondary N) is 1. The Morgan fingerprint density at radius 2 is 2.05 bits per heavy atom. The first-order valence-corrected chi connectivity index (χ1v) is 6.50. The average Bonchev–Trinajstić information content (AvgIpc) is 2.48. The maximum Gasteiger partial charge on any atom is 0.311 e. The summed E-state index contributed by atoms with van der Waals surface area (Å²) in [5.74, 6) is -0.903. The van der Waals surface area contributed by atoms with E-state index >= 15 is 0 Å². The van der Waals surface area contributed by atoms with E-state index < -0.39 is 11.4 Å². The Kier molecular flexibility index (Phi) is 5.49. The molecule has 0 atom stereocenters. The largest absolute Gasteiger partial charge is 0.494 e. The predicted molar refractivity (Wildman–Crippen MR) is 73.8 cm³/mol. The molecule has 0 radical (unpaired) electrons. The molecule has 0 saturated heterocycles. The van der Waals surface area contributed by atoms with Crippen molar-refractivity contribution in [3.05, 3.63) is 24.0 Å². The molecule has 0 aliphatic carbocycles. The van der Waals surface area contributed by atoms with Gasteiger partial charge in [0, 0.05) is 12.7 Å². The standard InChI is InChI=1S/C14H20N2O4/c1-4-14(5-2,13(18)19)9-16-12(17)10-6-7-15-8-11(10)20-3/h6-8H,4-5,9H2,1-3H3,(H,16,17)(H,18,19). The number of aliphatic carboxylic acids is 1. The Balaban J connectivity index is 2.83. The molecule has 0 fully saturated rings. The van der Waals surface area contributed by atoms with Gasteiger partial charge < -0.3 is 15.2 Å². The fourth-order valence-corrected chi connectivity index (χ4v) is 1.95. The third kappa shape index (κ3) is 3.26. The second-order valence-corrected chi connectivity index (χ2v) is 4.55. The molecule has 110 valence electrons. The lowest BCUT2D eigenvalue weighted by Crippen LogP contribution is -2.42. The van der Waals surface area contributed by atoms with E-state index in [2.05, 4.69) is 10.3 Å². The molecule has 0 aliphatic heterocycles. The van der Waals surface area contributed by atoms with E-state index in [4.69, 9.17) is 4.74 Å². The number of rotatable bonds is 7. The Bertz CT molecular complexity index is 484. The number of aromatic nitrogens is 1. The molecule has 0 bridgehead atoms. The van der Waals surface area contributed by atoms with E-state index in [9.17, 15) is 14.7 Å². The number of carboxylic acid groups (broad SMARTS) is 1. The molecule has 1 aromatic rings. The number of nitrogens with zero attached hydrogens (tertiary/aromatic N) is 1. The van der Waals surface area contributed by atoms with E-state index in [1.54, 1.807) is 13.8 Å². The Labute approximate surface area is 118 Å². The number of hydrogen-bond donors (Lipinski definition) is 2. The number of amides is 1. The lowest BCUT2D eigenvalue weighted by molar-refractivity contribution is -0.149. The summed E-state index contributed by atoms with van der Waals surface area (Å²) in [5.41, 5.74) is -0.593. The summed E-state index contributed by atoms with van der Waals surface area (Å²) in [5, 5.41) is 12.0. The molecule has 0 aliphatic rings. The summed E-state index contributed by atoms with van der Waals surface area (Å²) in [6, 6.07) is 1.54.